The van der Waals surface area contributed by atoms with E-state index in [4.69, 9.17) is 0 Å². The van der Waals surface area contributed by atoms with Crippen molar-refractivity contribution in [2.24, 2.45) is 5.92 Å². The lowest BCUT2D eigenvalue weighted by molar-refractivity contribution is -0.120. The van der Waals surface area contributed by atoms with Gasteiger partial charge in [-0.3, -0.25) is 4.79 Å². The molecule has 2 aromatic carbocycles. The fourth-order valence-corrected chi connectivity index (χ4v) is 3.41. The van der Waals surface area contributed by atoms with E-state index in [2.05, 4.69) is 54.6 Å². The Hall–Kier alpha value is -2.15. The molecule has 0 radical (unpaired) electrons. The van der Waals surface area contributed by atoms with E-state index in [1.54, 1.807) is 0 Å². The van der Waals surface area contributed by atoms with Crippen LogP contribution >= 0.6 is 0 Å². The van der Waals surface area contributed by atoms with E-state index in [0.29, 0.717) is 5.78 Å². The van der Waals surface area contributed by atoms with Crippen LogP contribution in [0.1, 0.15) is 36.8 Å². The van der Waals surface area contributed by atoms with Crippen molar-refractivity contribution in [1.29, 1.82) is 0 Å². The fraction of sp³-hybridized carbons (Fsp3) is 0.318. The molecule has 0 aromatic heterocycles. The van der Waals surface area contributed by atoms with Gasteiger partial charge in [-0.05, 0) is 55.2 Å². The predicted octanol–water partition coefficient (Wildman–Crippen LogP) is 5.16. The van der Waals surface area contributed by atoms with Crippen LogP contribution in [-0.2, 0) is 17.6 Å². The Morgan fingerprint density at radius 2 is 1.57 bits per heavy atom. The number of Topliss-reactive ketones (excluding diaryl/α,β-unsaturated/α-hetero) is 1. The zero-order chi connectivity index (χ0) is 15.9. The average molecular weight is 304 g/mol. The highest BCUT2D eigenvalue weighted by atomic mass is 16.1. The molecule has 1 unspecified atom stereocenters. The Bertz CT molecular complexity index is 655. The van der Waals surface area contributed by atoms with Crippen molar-refractivity contribution < 1.29 is 4.79 Å². The molecule has 0 spiro atoms. The van der Waals surface area contributed by atoms with Crippen molar-refractivity contribution in [2.45, 2.75) is 38.5 Å². The standard InChI is InChI=1S/C22H24O/c23-22-20(14-7-13-18-9-3-1-4-10-18)15-8-16-21(22)17-19-11-5-2-6-12-19/h1-6,9-12,14,21H,7-8,13,15-17H2/b20-14+. The van der Waals surface area contributed by atoms with Gasteiger partial charge < -0.3 is 0 Å². The minimum atomic E-state index is 0.175. The van der Waals surface area contributed by atoms with Crippen molar-refractivity contribution in [3.63, 3.8) is 0 Å². The van der Waals surface area contributed by atoms with Crippen molar-refractivity contribution >= 4 is 5.78 Å². The van der Waals surface area contributed by atoms with Gasteiger partial charge in [0.15, 0.2) is 5.78 Å². The molecule has 1 atom stereocenters. The molecule has 0 aliphatic heterocycles. The van der Waals surface area contributed by atoms with Gasteiger partial charge in [0.25, 0.3) is 0 Å². The van der Waals surface area contributed by atoms with E-state index in [1.165, 1.54) is 11.1 Å². The monoisotopic (exact) mass is 304 g/mol. The van der Waals surface area contributed by atoms with Crippen LogP contribution in [-0.4, -0.2) is 5.78 Å². The Morgan fingerprint density at radius 3 is 2.26 bits per heavy atom. The highest BCUT2D eigenvalue weighted by Gasteiger charge is 2.26. The first-order valence-electron chi connectivity index (χ1n) is 8.64. The van der Waals surface area contributed by atoms with Crippen molar-refractivity contribution in [2.75, 3.05) is 0 Å². The Labute approximate surface area is 139 Å². The molecule has 1 aliphatic rings. The number of carbonyl (C=O) groups excluding carboxylic acids is 1. The van der Waals surface area contributed by atoms with Crippen molar-refractivity contribution in [1.82, 2.24) is 0 Å². The van der Waals surface area contributed by atoms with E-state index in [0.717, 1.165) is 44.1 Å². The summed E-state index contributed by atoms with van der Waals surface area (Å²) in [4.78, 5) is 12.7. The molecule has 118 valence electrons. The van der Waals surface area contributed by atoms with E-state index >= 15 is 0 Å². The summed E-state index contributed by atoms with van der Waals surface area (Å²) in [6.45, 7) is 0. The first-order chi connectivity index (χ1) is 11.3. The molecule has 0 N–H and O–H groups in total. The second-order valence-corrected chi connectivity index (χ2v) is 6.40. The zero-order valence-corrected chi connectivity index (χ0v) is 13.6. The smallest absolute Gasteiger partial charge is 0.161 e. The van der Waals surface area contributed by atoms with Crippen LogP contribution < -0.4 is 0 Å². The number of rotatable bonds is 5. The number of hydrogen-bond acceptors (Lipinski definition) is 1. The van der Waals surface area contributed by atoms with E-state index in [-0.39, 0.29) is 5.92 Å². The molecule has 1 aliphatic carbocycles. The first kappa shape index (κ1) is 15.7. The average Bonchev–Trinajstić information content (AvgIpc) is 2.60. The molecule has 3 rings (SSSR count). The van der Waals surface area contributed by atoms with Gasteiger partial charge >= 0.3 is 0 Å². The van der Waals surface area contributed by atoms with Crippen molar-refractivity contribution in [3.8, 4) is 0 Å². The molecule has 0 heterocycles. The molecule has 23 heavy (non-hydrogen) atoms. The second-order valence-electron chi connectivity index (χ2n) is 6.40. The van der Waals surface area contributed by atoms with Gasteiger partial charge in [0.05, 0.1) is 0 Å². The minimum Gasteiger partial charge on any atom is -0.294 e. The molecule has 1 heteroatoms. The van der Waals surface area contributed by atoms with Gasteiger partial charge in [-0.1, -0.05) is 66.7 Å². The Kier molecular flexibility index (Phi) is 5.42. The maximum Gasteiger partial charge on any atom is 0.161 e. The SMILES string of the molecule is O=C1/C(=C/CCc2ccccc2)CCCC1Cc1ccccc1. The largest absolute Gasteiger partial charge is 0.294 e. The first-order valence-corrected chi connectivity index (χ1v) is 8.64. The number of carbonyl (C=O) groups is 1. The number of benzene rings is 2. The van der Waals surface area contributed by atoms with Crippen LogP contribution in [0, 0.1) is 5.92 Å². The lowest BCUT2D eigenvalue weighted by Crippen LogP contribution is -2.23. The summed E-state index contributed by atoms with van der Waals surface area (Å²) in [5.41, 5.74) is 3.68. The molecule has 2 aromatic rings. The maximum atomic E-state index is 12.7. The summed E-state index contributed by atoms with van der Waals surface area (Å²) in [6, 6.07) is 20.9. The minimum absolute atomic E-state index is 0.175. The second kappa shape index (κ2) is 7.92. The summed E-state index contributed by atoms with van der Waals surface area (Å²) in [5.74, 6) is 0.558. The number of ketones is 1. The Balaban J connectivity index is 1.59. The normalized spacial score (nSPS) is 19.9. The quantitative estimate of drug-likeness (QED) is 0.697. The van der Waals surface area contributed by atoms with Gasteiger partial charge in [-0.15, -0.1) is 0 Å². The molecule has 1 fully saturated rings. The lowest BCUT2D eigenvalue weighted by atomic mass is 9.80. The van der Waals surface area contributed by atoms with Crippen LogP contribution in [0.3, 0.4) is 0 Å². The number of allylic oxidation sites excluding steroid dienone is 2. The number of aryl methyl sites for hydroxylation is 1. The van der Waals surface area contributed by atoms with Gasteiger partial charge in [-0.2, -0.15) is 0 Å². The lowest BCUT2D eigenvalue weighted by Gasteiger charge is -2.23. The number of hydrogen-bond donors (Lipinski definition) is 0. The summed E-state index contributed by atoms with van der Waals surface area (Å²) in [6.07, 6.45) is 8.18. The van der Waals surface area contributed by atoms with Crippen LogP contribution in [0.5, 0.6) is 0 Å². The van der Waals surface area contributed by atoms with Crippen LogP contribution in [0.4, 0.5) is 0 Å². The third-order valence-electron chi connectivity index (χ3n) is 4.68. The van der Waals surface area contributed by atoms with Gasteiger partial charge in [0.1, 0.15) is 0 Å². The molecular formula is C22H24O. The molecular weight excluding hydrogens is 280 g/mol. The fourth-order valence-electron chi connectivity index (χ4n) is 3.41. The van der Waals surface area contributed by atoms with Crippen LogP contribution in [0.15, 0.2) is 72.3 Å². The summed E-state index contributed by atoms with van der Waals surface area (Å²) >= 11 is 0. The van der Waals surface area contributed by atoms with Crippen molar-refractivity contribution in [3.05, 3.63) is 83.4 Å². The van der Waals surface area contributed by atoms with Gasteiger partial charge in [-0.25, -0.2) is 0 Å². The van der Waals surface area contributed by atoms with Gasteiger partial charge in [0, 0.05) is 5.92 Å². The molecule has 1 nitrogen and oxygen atoms in total. The maximum absolute atomic E-state index is 12.7. The summed E-state index contributed by atoms with van der Waals surface area (Å²) in [5, 5.41) is 0. The van der Waals surface area contributed by atoms with Crippen LogP contribution in [0.25, 0.3) is 0 Å². The van der Waals surface area contributed by atoms with E-state index < -0.39 is 0 Å². The summed E-state index contributed by atoms with van der Waals surface area (Å²) < 4.78 is 0. The Morgan fingerprint density at radius 1 is 0.913 bits per heavy atom. The predicted molar refractivity (Wildman–Crippen MR) is 95.3 cm³/mol. The third-order valence-corrected chi connectivity index (χ3v) is 4.68. The van der Waals surface area contributed by atoms with E-state index in [1.807, 2.05) is 12.1 Å². The van der Waals surface area contributed by atoms with E-state index in [9.17, 15) is 4.79 Å². The zero-order valence-electron chi connectivity index (χ0n) is 13.6. The molecule has 0 bridgehead atoms. The molecule has 0 amide bonds. The third kappa shape index (κ3) is 4.41. The highest BCUT2D eigenvalue weighted by molar-refractivity contribution is 5.98. The van der Waals surface area contributed by atoms with Crippen LogP contribution in [0.2, 0.25) is 0 Å². The summed E-state index contributed by atoms with van der Waals surface area (Å²) in [7, 11) is 0. The highest BCUT2D eigenvalue weighted by Crippen LogP contribution is 2.28. The van der Waals surface area contributed by atoms with Gasteiger partial charge in [0.2, 0.25) is 0 Å². The molecule has 1 saturated carbocycles. The topological polar surface area (TPSA) is 17.1 Å². The molecule has 0 saturated heterocycles.